The second kappa shape index (κ2) is 8.17. The molecule has 3 heteroatoms. The van der Waals surface area contributed by atoms with E-state index in [9.17, 15) is 13.2 Å². The number of rotatable bonds is 2. The van der Waals surface area contributed by atoms with Crippen molar-refractivity contribution in [1.82, 2.24) is 0 Å². The van der Waals surface area contributed by atoms with E-state index in [4.69, 9.17) is 0 Å². The lowest BCUT2D eigenvalue weighted by atomic mass is 9.79. The van der Waals surface area contributed by atoms with Crippen molar-refractivity contribution in [1.29, 1.82) is 0 Å². The lowest BCUT2D eigenvalue weighted by Crippen LogP contribution is -2.16. The maximum Gasteiger partial charge on any atom is 0.142 e. The lowest BCUT2D eigenvalue weighted by Gasteiger charge is -2.26. The molecule has 0 aromatic heterocycles. The van der Waals surface area contributed by atoms with Crippen LogP contribution in [0.4, 0.5) is 13.2 Å². The van der Waals surface area contributed by atoms with E-state index in [0.29, 0.717) is 41.5 Å². The molecule has 1 unspecified atom stereocenters. The van der Waals surface area contributed by atoms with Crippen molar-refractivity contribution in [3.8, 4) is 11.8 Å². The van der Waals surface area contributed by atoms with Gasteiger partial charge in [0.05, 0.1) is 5.56 Å². The predicted octanol–water partition coefficient (Wildman–Crippen LogP) is 6.34. The Hall–Kier alpha value is -2.99. The van der Waals surface area contributed by atoms with Crippen LogP contribution in [0, 0.1) is 29.3 Å². The topological polar surface area (TPSA) is 0 Å². The highest BCUT2D eigenvalue weighted by Crippen LogP contribution is 2.35. The predicted molar refractivity (Wildman–Crippen MR) is 109 cm³/mol. The highest BCUT2D eigenvalue weighted by atomic mass is 19.1. The molecule has 0 aliphatic heterocycles. The fourth-order valence-electron chi connectivity index (χ4n) is 3.97. The van der Waals surface area contributed by atoms with Gasteiger partial charge in [-0.1, -0.05) is 37.0 Å². The third-order valence-corrected chi connectivity index (χ3v) is 5.65. The van der Waals surface area contributed by atoms with E-state index in [0.717, 1.165) is 17.5 Å². The van der Waals surface area contributed by atoms with Crippen molar-refractivity contribution >= 4 is 0 Å². The smallest absolute Gasteiger partial charge is 0.142 e. The van der Waals surface area contributed by atoms with Crippen molar-refractivity contribution in [2.75, 3.05) is 0 Å². The zero-order valence-corrected chi connectivity index (χ0v) is 16.2. The van der Waals surface area contributed by atoms with Crippen LogP contribution in [0.25, 0.3) is 0 Å². The molecule has 0 spiro atoms. The van der Waals surface area contributed by atoms with Crippen LogP contribution in [0.15, 0.2) is 54.6 Å². The molecule has 0 heterocycles. The molecule has 1 aliphatic carbocycles. The van der Waals surface area contributed by atoms with Gasteiger partial charge in [0.2, 0.25) is 0 Å². The fraction of sp³-hybridized carbons (Fsp3) is 0.231. The third kappa shape index (κ3) is 4.07. The molecule has 0 nitrogen and oxygen atoms in total. The summed E-state index contributed by atoms with van der Waals surface area (Å²) in [7, 11) is 0. The average molecular weight is 390 g/mol. The van der Waals surface area contributed by atoms with E-state index in [1.807, 2.05) is 25.1 Å². The van der Waals surface area contributed by atoms with Crippen molar-refractivity contribution in [2.45, 2.75) is 38.5 Å². The van der Waals surface area contributed by atoms with Gasteiger partial charge in [0, 0.05) is 5.56 Å². The van der Waals surface area contributed by atoms with Gasteiger partial charge in [-0.15, -0.1) is 0 Å². The quantitative estimate of drug-likeness (QED) is 0.448. The summed E-state index contributed by atoms with van der Waals surface area (Å²) < 4.78 is 42.5. The van der Waals surface area contributed by atoms with Gasteiger partial charge in [0.15, 0.2) is 0 Å². The molecule has 0 amide bonds. The van der Waals surface area contributed by atoms with E-state index in [1.165, 1.54) is 12.1 Å². The first-order chi connectivity index (χ1) is 14.0. The molecule has 29 heavy (non-hydrogen) atoms. The Bertz CT molecular complexity index is 1100. The van der Waals surface area contributed by atoms with Crippen molar-refractivity contribution in [3.63, 3.8) is 0 Å². The van der Waals surface area contributed by atoms with Crippen LogP contribution in [0.5, 0.6) is 0 Å². The van der Waals surface area contributed by atoms with Gasteiger partial charge < -0.3 is 0 Å². The third-order valence-electron chi connectivity index (χ3n) is 5.65. The number of benzene rings is 3. The molecule has 0 radical (unpaired) electrons. The van der Waals surface area contributed by atoms with Gasteiger partial charge in [0.25, 0.3) is 0 Å². The normalized spacial score (nSPS) is 15.4. The Kier molecular flexibility index (Phi) is 5.45. The number of hydrogen-bond donors (Lipinski definition) is 0. The Morgan fingerprint density at radius 3 is 2.45 bits per heavy atom. The van der Waals surface area contributed by atoms with Gasteiger partial charge in [-0.25, -0.2) is 13.2 Å². The van der Waals surface area contributed by atoms with Crippen molar-refractivity contribution < 1.29 is 13.2 Å². The summed E-state index contributed by atoms with van der Waals surface area (Å²) in [6.07, 6.45) is 2.70. The van der Waals surface area contributed by atoms with Crippen LogP contribution in [0.3, 0.4) is 0 Å². The van der Waals surface area contributed by atoms with E-state index < -0.39 is 0 Å². The van der Waals surface area contributed by atoms with Gasteiger partial charge >= 0.3 is 0 Å². The van der Waals surface area contributed by atoms with Gasteiger partial charge in [-0.2, -0.15) is 0 Å². The van der Waals surface area contributed by atoms with E-state index in [-0.39, 0.29) is 23.4 Å². The first kappa shape index (κ1) is 19.3. The van der Waals surface area contributed by atoms with Crippen LogP contribution >= 0.6 is 0 Å². The maximum atomic E-state index is 15.0. The molecule has 1 atom stereocenters. The Morgan fingerprint density at radius 2 is 1.72 bits per heavy atom. The first-order valence-corrected chi connectivity index (χ1v) is 9.91. The van der Waals surface area contributed by atoms with Gasteiger partial charge in [0.1, 0.15) is 17.5 Å². The van der Waals surface area contributed by atoms with Crippen molar-refractivity contribution in [2.24, 2.45) is 0 Å². The minimum absolute atomic E-state index is 0.0592. The van der Waals surface area contributed by atoms with Crippen LogP contribution in [0.1, 0.15) is 52.6 Å². The SMILES string of the molecule is CCc1ccc(C2CCc3c(ccc(C#Cc4ccc(F)cc4)c3F)C2)c(F)c1. The highest BCUT2D eigenvalue weighted by molar-refractivity contribution is 5.48. The monoisotopic (exact) mass is 390 g/mol. The second-order valence-electron chi connectivity index (χ2n) is 7.47. The summed E-state index contributed by atoms with van der Waals surface area (Å²) >= 11 is 0. The zero-order valence-electron chi connectivity index (χ0n) is 16.2. The highest BCUT2D eigenvalue weighted by Gasteiger charge is 2.25. The largest absolute Gasteiger partial charge is 0.207 e. The summed E-state index contributed by atoms with van der Waals surface area (Å²) in [6.45, 7) is 2.00. The van der Waals surface area contributed by atoms with Gasteiger partial charge in [-0.3, -0.25) is 0 Å². The van der Waals surface area contributed by atoms with Crippen LogP contribution in [-0.4, -0.2) is 0 Å². The molecule has 0 N–H and O–H groups in total. The summed E-state index contributed by atoms with van der Waals surface area (Å²) in [5.74, 6) is 5.01. The fourth-order valence-corrected chi connectivity index (χ4v) is 3.97. The Labute approximate surface area is 169 Å². The maximum absolute atomic E-state index is 15.0. The molecule has 146 valence electrons. The molecule has 3 aromatic rings. The molecule has 0 saturated heterocycles. The Balaban J connectivity index is 1.58. The number of aryl methyl sites for hydroxylation is 1. The molecular formula is C26H21F3. The summed E-state index contributed by atoms with van der Waals surface area (Å²) in [5.41, 5.74) is 4.27. The standard InChI is InChI=1S/C26H21F3/c1-2-17-6-13-23(25(28)15-17)20-10-14-24-21(16-20)9-8-19(26(24)29)7-3-18-4-11-22(27)12-5-18/h4-6,8-9,11-13,15,20H,2,10,14,16H2,1H3. The zero-order chi connectivity index (χ0) is 20.4. The number of halogens is 3. The number of hydrogen-bond acceptors (Lipinski definition) is 0. The van der Waals surface area contributed by atoms with E-state index in [1.54, 1.807) is 24.3 Å². The summed E-state index contributed by atoms with van der Waals surface area (Å²) in [5, 5.41) is 0. The summed E-state index contributed by atoms with van der Waals surface area (Å²) in [6, 6.07) is 14.9. The molecule has 1 aliphatic rings. The minimum Gasteiger partial charge on any atom is -0.207 e. The van der Waals surface area contributed by atoms with Gasteiger partial charge in [-0.05, 0) is 90.3 Å². The second-order valence-corrected chi connectivity index (χ2v) is 7.47. The lowest BCUT2D eigenvalue weighted by molar-refractivity contribution is 0.514. The van der Waals surface area contributed by atoms with E-state index in [2.05, 4.69) is 11.8 Å². The minimum atomic E-state index is -0.328. The average Bonchev–Trinajstić information content (AvgIpc) is 2.74. The molecule has 4 rings (SSSR count). The molecule has 0 fully saturated rings. The van der Waals surface area contributed by atoms with Crippen LogP contribution < -0.4 is 0 Å². The first-order valence-electron chi connectivity index (χ1n) is 9.91. The molecule has 0 bridgehead atoms. The van der Waals surface area contributed by atoms with E-state index >= 15 is 0 Å². The molecular weight excluding hydrogens is 369 g/mol. The summed E-state index contributed by atoms with van der Waals surface area (Å²) in [4.78, 5) is 0. The van der Waals surface area contributed by atoms with Crippen LogP contribution in [-0.2, 0) is 19.3 Å². The van der Waals surface area contributed by atoms with Crippen molar-refractivity contribution in [3.05, 3.63) is 105 Å². The molecule has 0 saturated carbocycles. The number of fused-ring (bicyclic) bond motifs is 1. The van der Waals surface area contributed by atoms with Crippen LogP contribution in [0.2, 0.25) is 0 Å². The molecule has 3 aromatic carbocycles. The Morgan fingerprint density at radius 1 is 0.931 bits per heavy atom.